The molecule has 2 aromatic rings. The van der Waals surface area contributed by atoms with Gasteiger partial charge in [-0.1, -0.05) is 48.6 Å². The zero-order chi connectivity index (χ0) is 13.8. The predicted octanol–water partition coefficient (Wildman–Crippen LogP) is 1.98. The van der Waals surface area contributed by atoms with Gasteiger partial charge in [0.05, 0.1) is 6.04 Å². The molecule has 1 aliphatic carbocycles. The molecule has 0 radical (unpaired) electrons. The highest BCUT2D eigenvalue weighted by molar-refractivity contribution is 5.43. The summed E-state index contributed by atoms with van der Waals surface area (Å²) < 4.78 is 2.27. The Hall–Kier alpha value is -2.06. The van der Waals surface area contributed by atoms with Crippen LogP contribution in [-0.4, -0.2) is 16.3 Å². The molecule has 1 heterocycles. The van der Waals surface area contributed by atoms with Crippen LogP contribution in [0.1, 0.15) is 24.4 Å². The third-order valence-electron chi connectivity index (χ3n) is 3.78. The fourth-order valence-electron chi connectivity index (χ4n) is 2.80. The Kier molecular flexibility index (Phi) is 3.84. The summed E-state index contributed by atoms with van der Waals surface area (Å²) in [6, 6.07) is 12.7. The molecule has 1 aromatic heterocycles. The molecule has 0 saturated heterocycles. The number of aliphatic hydroxyl groups is 1. The molecule has 3 rings (SSSR count). The van der Waals surface area contributed by atoms with Crippen LogP contribution >= 0.6 is 0 Å². The van der Waals surface area contributed by atoms with Gasteiger partial charge in [0.2, 0.25) is 0 Å². The van der Waals surface area contributed by atoms with E-state index in [2.05, 4.69) is 65.4 Å². The van der Waals surface area contributed by atoms with E-state index < -0.39 is 0 Å². The summed E-state index contributed by atoms with van der Waals surface area (Å²) in [5, 5.41) is 11.9. The highest BCUT2D eigenvalue weighted by Crippen LogP contribution is 2.19. The van der Waals surface area contributed by atoms with Crippen molar-refractivity contribution in [2.75, 3.05) is 6.61 Å². The maximum Gasteiger partial charge on any atom is 0.0607 e. The van der Waals surface area contributed by atoms with Crippen molar-refractivity contribution in [3.05, 3.63) is 70.9 Å². The average Bonchev–Trinajstić information content (AvgIpc) is 2.74. The van der Waals surface area contributed by atoms with Crippen molar-refractivity contribution in [1.82, 2.24) is 4.57 Å². The summed E-state index contributed by atoms with van der Waals surface area (Å²) >= 11 is 0. The molecule has 0 spiro atoms. The number of nitrogens with zero attached hydrogens (tertiary/aromatic N) is 1. The topological polar surface area (TPSA) is 25.2 Å². The van der Waals surface area contributed by atoms with Crippen LogP contribution in [0.4, 0.5) is 0 Å². The van der Waals surface area contributed by atoms with Gasteiger partial charge in [-0.3, -0.25) is 0 Å². The number of fused-ring (bicyclic) bond motifs is 1. The molecule has 1 aromatic carbocycles. The van der Waals surface area contributed by atoms with Gasteiger partial charge >= 0.3 is 0 Å². The molecule has 2 nitrogen and oxygen atoms in total. The largest absolute Gasteiger partial charge is 0.396 e. The molecular weight excluding hydrogens is 246 g/mol. The summed E-state index contributed by atoms with van der Waals surface area (Å²) in [5.41, 5.74) is 1.24. The standard InChI is InChI=1S/C18H19NO/c20-14-12-18(15-7-3-1-4-8-15)19-13-11-16-9-5-2-6-10-17(16)19/h1-4,6-11,13,18,20H,5,12,14H2. The fraction of sp³-hybridized carbons (Fsp3) is 0.222. The minimum atomic E-state index is 0.182. The zero-order valence-electron chi connectivity index (χ0n) is 11.4. The molecule has 20 heavy (non-hydrogen) atoms. The van der Waals surface area contributed by atoms with E-state index in [1.807, 2.05) is 6.07 Å². The second-order valence-corrected chi connectivity index (χ2v) is 5.04. The van der Waals surface area contributed by atoms with Crippen LogP contribution in [0.2, 0.25) is 0 Å². The zero-order valence-corrected chi connectivity index (χ0v) is 11.4. The lowest BCUT2D eigenvalue weighted by Gasteiger charge is -2.19. The second kappa shape index (κ2) is 5.93. The molecule has 2 heteroatoms. The third kappa shape index (κ3) is 2.47. The van der Waals surface area contributed by atoms with E-state index in [0.29, 0.717) is 0 Å². The summed E-state index contributed by atoms with van der Waals surface area (Å²) in [4.78, 5) is 0. The first-order chi connectivity index (χ1) is 9.90. The average molecular weight is 265 g/mol. The van der Waals surface area contributed by atoms with Gasteiger partial charge in [0.25, 0.3) is 0 Å². The number of aliphatic hydroxyl groups excluding tert-OH is 1. The smallest absolute Gasteiger partial charge is 0.0607 e. The molecule has 0 saturated carbocycles. The summed E-state index contributed by atoms with van der Waals surface area (Å²) in [6.07, 6.45) is 12.5. The normalized spacial score (nSPS) is 14.8. The molecule has 0 amide bonds. The molecule has 0 bridgehead atoms. The first-order valence-corrected chi connectivity index (χ1v) is 7.10. The SMILES string of the molecule is OCCC(c1ccccc1)n1ccc2c1=CC=CCC=2. The van der Waals surface area contributed by atoms with Crippen molar-refractivity contribution in [2.45, 2.75) is 18.9 Å². The highest BCUT2D eigenvalue weighted by Gasteiger charge is 2.13. The van der Waals surface area contributed by atoms with Gasteiger partial charge in [-0.15, -0.1) is 0 Å². The molecular formula is C18H19NO. The van der Waals surface area contributed by atoms with Gasteiger partial charge < -0.3 is 9.67 Å². The lowest BCUT2D eigenvalue weighted by Crippen LogP contribution is -2.31. The maximum atomic E-state index is 9.41. The Morgan fingerprint density at radius 2 is 2.00 bits per heavy atom. The quantitative estimate of drug-likeness (QED) is 0.898. The van der Waals surface area contributed by atoms with Crippen LogP contribution in [-0.2, 0) is 0 Å². The predicted molar refractivity (Wildman–Crippen MR) is 82.7 cm³/mol. The fourth-order valence-corrected chi connectivity index (χ4v) is 2.80. The van der Waals surface area contributed by atoms with Gasteiger partial charge in [0.15, 0.2) is 0 Å². The molecule has 1 unspecified atom stereocenters. The van der Waals surface area contributed by atoms with Gasteiger partial charge in [0, 0.05) is 18.2 Å². The Morgan fingerprint density at radius 1 is 1.15 bits per heavy atom. The van der Waals surface area contributed by atoms with Crippen molar-refractivity contribution in [3.63, 3.8) is 0 Å². The lowest BCUT2D eigenvalue weighted by atomic mass is 10.0. The Bertz CT molecular complexity index is 710. The van der Waals surface area contributed by atoms with Gasteiger partial charge in [-0.25, -0.2) is 0 Å². The molecule has 0 aliphatic heterocycles. The minimum Gasteiger partial charge on any atom is -0.396 e. The van der Waals surface area contributed by atoms with E-state index in [9.17, 15) is 5.11 Å². The van der Waals surface area contributed by atoms with E-state index >= 15 is 0 Å². The maximum absolute atomic E-state index is 9.41. The van der Waals surface area contributed by atoms with Crippen molar-refractivity contribution < 1.29 is 5.11 Å². The van der Waals surface area contributed by atoms with Crippen LogP contribution in [0.15, 0.2) is 54.7 Å². The van der Waals surface area contributed by atoms with Crippen LogP contribution in [0.3, 0.4) is 0 Å². The van der Waals surface area contributed by atoms with Gasteiger partial charge in [-0.05, 0) is 35.8 Å². The van der Waals surface area contributed by atoms with E-state index in [1.165, 1.54) is 16.1 Å². The van der Waals surface area contributed by atoms with Crippen molar-refractivity contribution in [3.8, 4) is 0 Å². The molecule has 102 valence electrons. The first-order valence-electron chi connectivity index (χ1n) is 7.10. The monoisotopic (exact) mass is 265 g/mol. The minimum absolute atomic E-state index is 0.182. The number of hydrogen-bond donors (Lipinski definition) is 1. The summed E-state index contributed by atoms with van der Waals surface area (Å²) in [6.45, 7) is 0.187. The number of aromatic nitrogens is 1. The van der Waals surface area contributed by atoms with E-state index in [1.54, 1.807) is 0 Å². The summed E-state index contributed by atoms with van der Waals surface area (Å²) in [5.74, 6) is 0. The van der Waals surface area contributed by atoms with Gasteiger partial charge in [0.1, 0.15) is 0 Å². The van der Waals surface area contributed by atoms with Crippen molar-refractivity contribution >= 4 is 12.2 Å². The Balaban J connectivity index is 2.12. The molecule has 1 N–H and O–H groups in total. The number of allylic oxidation sites excluding steroid dienone is 2. The number of hydrogen-bond acceptors (Lipinski definition) is 1. The third-order valence-corrected chi connectivity index (χ3v) is 3.78. The van der Waals surface area contributed by atoms with Crippen LogP contribution in [0.25, 0.3) is 12.2 Å². The van der Waals surface area contributed by atoms with Crippen molar-refractivity contribution in [2.24, 2.45) is 0 Å². The van der Waals surface area contributed by atoms with E-state index in [4.69, 9.17) is 0 Å². The number of rotatable bonds is 4. The van der Waals surface area contributed by atoms with Crippen molar-refractivity contribution in [1.29, 1.82) is 0 Å². The van der Waals surface area contributed by atoms with Gasteiger partial charge in [-0.2, -0.15) is 0 Å². The number of benzene rings is 1. The van der Waals surface area contributed by atoms with E-state index in [0.717, 1.165) is 12.8 Å². The lowest BCUT2D eigenvalue weighted by molar-refractivity contribution is 0.267. The Morgan fingerprint density at radius 3 is 2.80 bits per heavy atom. The van der Waals surface area contributed by atoms with Crippen LogP contribution in [0.5, 0.6) is 0 Å². The van der Waals surface area contributed by atoms with E-state index in [-0.39, 0.29) is 12.6 Å². The Labute approximate surface area is 119 Å². The highest BCUT2D eigenvalue weighted by atomic mass is 16.3. The molecule has 1 atom stereocenters. The molecule has 1 aliphatic rings. The summed E-state index contributed by atoms with van der Waals surface area (Å²) in [7, 11) is 0. The van der Waals surface area contributed by atoms with Crippen LogP contribution in [0, 0.1) is 0 Å². The molecule has 0 fully saturated rings. The first kappa shape index (κ1) is 12.9. The second-order valence-electron chi connectivity index (χ2n) is 5.04. The van der Waals surface area contributed by atoms with Crippen LogP contribution < -0.4 is 10.6 Å².